The van der Waals surface area contributed by atoms with E-state index >= 15 is 0 Å². The minimum Gasteiger partial charge on any atom is -0.475 e. The molecule has 1 N–H and O–H groups in total. The first-order valence-corrected chi connectivity index (χ1v) is 5.46. The van der Waals surface area contributed by atoms with Crippen molar-refractivity contribution in [3.05, 3.63) is 17.9 Å². The number of aromatic carboxylic acids is 1. The van der Waals surface area contributed by atoms with Crippen LogP contribution in [-0.2, 0) is 4.74 Å². The molecule has 1 aromatic rings. The van der Waals surface area contributed by atoms with Gasteiger partial charge in [0.15, 0.2) is 5.88 Å². The van der Waals surface area contributed by atoms with E-state index in [1.807, 2.05) is 0 Å². The summed E-state index contributed by atoms with van der Waals surface area (Å²) in [7, 11) is 0. The molecular formula is C11H13NO4. The van der Waals surface area contributed by atoms with E-state index in [1.165, 1.54) is 6.07 Å². The number of furan rings is 1. The van der Waals surface area contributed by atoms with Gasteiger partial charge in [-0.3, -0.25) is 0 Å². The SMILES string of the molecule is O=C(O)c1ccc(N2CC3CCC(C2)O3)o1. The Hall–Kier alpha value is -1.49. The highest BCUT2D eigenvalue weighted by atomic mass is 16.5. The van der Waals surface area contributed by atoms with Gasteiger partial charge in [-0.15, -0.1) is 0 Å². The number of hydrogen-bond acceptors (Lipinski definition) is 4. The molecule has 0 spiro atoms. The molecule has 2 atom stereocenters. The molecule has 0 aromatic carbocycles. The van der Waals surface area contributed by atoms with E-state index in [0.717, 1.165) is 25.9 Å². The van der Waals surface area contributed by atoms with E-state index in [1.54, 1.807) is 6.07 Å². The number of carboxylic acids is 1. The molecule has 16 heavy (non-hydrogen) atoms. The van der Waals surface area contributed by atoms with Gasteiger partial charge in [-0.2, -0.15) is 0 Å². The summed E-state index contributed by atoms with van der Waals surface area (Å²) in [6.45, 7) is 1.59. The summed E-state index contributed by atoms with van der Waals surface area (Å²) in [5, 5.41) is 8.78. The molecule has 2 saturated heterocycles. The Morgan fingerprint density at radius 3 is 2.56 bits per heavy atom. The first-order chi connectivity index (χ1) is 7.72. The third-order valence-corrected chi connectivity index (χ3v) is 3.16. The van der Waals surface area contributed by atoms with Gasteiger partial charge in [0, 0.05) is 19.2 Å². The van der Waals surface area contributed by atoms with Crippen LogP contribution in [0.1, 0.15) is 23.4 Å². The van der Waals surface area contributed by atoms with Crippen molar-refractivity contribution in [2.24, 2.45) is 0 Å². The normalized spacial score (nSPS) is 28.4. The molecule has 0 radical (unpaired) electrons. The highest BCUT2D eigenvalue weighted by molar-refractivity contribution is 5.84. The van der Waals surface area contributed by atoms with Gasteiger partial charge in [-0.1, -0.05) is 0 Å². The Balaban J connectivity index is 1.79. The Kier molecular flexibility index (Phi) is 2.14. The van der Waals surface area contributed by atoms with Crippen LogP contribution in [0.15, 0.2) is 16.5 Å². The molecule has 0 aliphatic carbocycles. The van der Waals surface area contributed by atoms with Crippen molar-refractivity contribution in [1.82, 2.24) is 0 Å². The molecule has 86 valence electrons. The zero-order valence-electron chi connectivity index (χ0n) is 8.76. The Bertz CT molecular complexity index is 402. The van der Waals surface area contributed by atoms with E-state index in [4.69, 9.17) is 14.3 Å². The second-order valence-electron chi connectivity index (χ2n) is 4.31. The van der Waals surface area contributed by atoms with Gasteiger partial charge in [0.25, 0.3) is 0 Å². The van der Waals surface area contributed by atoms with Crippen molar-refractivity contribution in [3.8, 4) is 0 Å². The maximum Gasteiger partial charge on any atom is 0.371 e. The minimum absolute atomic E-state index is 0.00570. The number of fused-ring (bicyclic) bond motifs is 2. The average Bonchev–Trinajstić information content (AvgIpc) is 2.85. The smallest absolute Gasteiger partial charge is 0.371 e. The van der Waals surface area contributed by atoms with E-state index in [2.05, 4.69) is 4.90 Å². The van der Waals surface area contributed by atoms with E-state index in [9.17, 15) is 4.79 Å². The van der Waals surface area contributed by atoms with Crippen molar-refractivity contribution in [1.29, 1.82) is 0 Å². The predicted molar refractivity (Wildman–Crippen MR) is 55.8 cm³/mol. The maximum atomic E-state index is 10.7. The molecule has 3 rings (SSSR count). The topological polar surface area (TPSA) is 62.9 Å². The number of morpholine rings is 1. The van der Waals surface area contributed by atoms with Crippen LogP contribution in [0.25, 0.3) is 0 Å². The Morgan fingerprint density at radius 1 is 1.31 bits per heavy atom. The monoisotopic (exact) mass is 223 g/mol. The van der Waals surface area contributed by atoms with Gasteiger partial charge < -0.3 is 19.2 Å². The number of rotatable bonds is 2. The van der Waals surface area contributed by atoms with Crippen LogP contribution >= 0.6 is 0 Å². The lowest BCUT2D eigenvalue weighted by Gasteiger charge is -2.31. The van der Waals surface area contributed by atoms with Crippen LogP contribution in [-0.4, -0.2) is 36.4 Å². The second kappa shape index (κ2) is 3.52. The molecular weight excluding hydrogens is 210 g/mol. The highest BCUT2D eigenvalue weighted by Crippen LogP contribution is 2.30. The van der Waals surface area contributed by atoms with Crippen molar-refractivity contribution >= 4 is 11.9 Å². The van der Waals surface area contributed by atoms with Crippen LogP contribution in [0.2, 0.25) is 0 Å². The van der Waals surface area contributed by atoms with Crippen LogP contribution in [0.4, 0.5) is 5.88 Å². The van der Waals surface area contributed by atoms with Gasteiger partial charge in [-0.05, 0) is 18.9 Å². The third-order valence-electron chi connectivity index (χ3n) is 3.16. The fraction of sp³-hybridized carbons (Fsp3) is 0.545. The number of carboxylic acid groups (broad SMARTS) is 1. The summed E-state index contributed by atoms with van der Waals surface area (Å²) in [6, 6.07) is 3.21. The molecule has 2 fully saturated rings. The number of anilines is 1. The maximum absolute atomic E-state index is 10.7. The summed E-state index contributed by atoms with van der Waals surface area (Å²) < 4.78 is 11.0. The number of carbonyl (C=O) groups is 1. The molecule has 2 aliphatic rings. The van der Waals surface area contributed by atoms with Gasteiger partial charge >= 0.3 is 5.97 Å². The average molecular weight is 223 g/mol. The van der Waals surface area contributed by atoms with Crippen LogP contribution in [0.5, 0.6) is 0 Å². The number of nitrogens with zero attached hydrogens (tertiary/aromatic N) is 1. The van der Waals surface area contributed by atoms with Crippen molar-refractivity contribution in [2.45, 2.75) is 25.0 Å². The van der Waals surface area contributed by atoms with Crippen LogP contribution in [0, 0.1) is 0 Å². The van der Waals surface area contributed by atoms with Crippen LogP contribution in [0.3, 0.4) is 0 Å². The fourth-order valence-electron chi connectivity index (χ4n) is 2.41. The van der Waals surface area contributed by atoms with Gasteiger partial charge in [-0.25, -0.2) is 4.79 Å². The van der Waals surface area contributed by atoms with Crippen molar-refractivity contribution in [2.75, 3.05) is 18.0 Å². The van der Waals surface area contributed by atoms with Gasteiger partial charge in [0.1, 0.15) is 0 Å². The number of ether oxygens (including phenoxy) is 1. The lowest BCUT2D eigenvalue weighted by molar-refractivity contribution is 0.0290. The van der Waals surface area contributed by atoms with E-state index in [0.29, 0.717) is 5.88 Å². The molecule has 2 unspecified atom stereocenters. The Labute approximate surface area is 92.6 Å². The highest BCUT2D eigenvalue weighted by Gasteiger charge is 2.34. The molecule has 0 saturated carbocycles. The summed E-state index contributed by atoms with van der Waals surface area (Å²) in [4.78, 5) is 12.8. The van der Waals surface area contributed by atoms with E-state index in [-0.39, 0.29) is 18.0 Å². The third kappa shape index (κ3) is 1.57. The first kappa shape index (κ1) is 9.72. The molecule has 5 heteroatoms. The summed E-state index contributed by atoms with van der Waals surface area (Å²) in [5.41, 5.74) is 0. The van der Waals surface area contributed by atoms with E-state index < -0.39 is 5.97 Å². The molecule has 2 aliphatic heterocycles. The van der Waals surface area contributed by atoms with Gasteiger partial charge in [0.05, 0.1) is 12.2 Å². The Morgan fingerprint density at radius 2 is 2.00 bits per heavy atom. The minimum atomic E-state index is -1.03. The summed E-state index contributed by atoms with van der Waals surface area (Å²) >= 11 is 0. The van der Waals surface area contributed by atoms with Crippen molar-refractivity contribution in [3.63, 3.8) is 0 Å². The lowest BCUT2D eigenvalue weighted by atomic mass is 10.2. The van der Waals surface area contributed by atoms with Gasteiger partial charge in [0.2, 0.25) is 5.76 Å². The quantitative estimate of drug-likeness (QED) is 0.819. The molecule has 5 nitrogen and oxygen atoms in total. The lowest BCUT2D eigenvalue weighted by Crippen LogP contribution is -2.42. The molecule has 1 aromatic heterocycles. The summed E-state index contributed by atoms with van der Waals surface area (Å²) in [6.07, 6.45) is 2.73. The number of hydrogen-bond donors (Lipinski definition) is 1. The zero-order valence-corrected chi connectivity index (χ0v) is 8.76. The molecule has 3 heterocycles. The largest absolute Gasteiger partial charge is 0.475 e. The standard InChI is InChI=1S/C11H13NO4/c13-11(14)9-3-4-10(16-9)12-5-7-1-2-8(6-12)15-7/h3-4,7-8H,1-2,5-6H2,(H,13,14). The van der Waals surface area contributed by atoms with Crippen LogP contribution < -0.4 is 4.90 Å². The zero-order chi connectivity index (χ0) is 11.1. The predicted octanol–water partition coefficient (Wildman–Crippen LogP) is 1.35. The van der Waals surface area contributed by atoms with Crippen molar-refractivity contribution < 1.29 is 19.1 Å². The summed E-state index contributed by atoms with van der Waals surface area (Å²) in [5.74, 6) is -0.395. The second-order valence-corrected chi connectivity index (χ2v) is 4.31. The first-order valence-electron chi connectivity index (χ1n) is 5.46. The fourth-order valence-corrected chi connectivity index (χ4v) is 2.41. The molecule has 2 bridgehead atoms. The molecule has 0 amide bonds.